The van der Waals surface area contributed by atoms with Crippen molar-refractivity contribution < 1.29 is 4.74 Å². The second-order valence-electron chi connectivity index (χ2n) is 4.21. The molecule has 0 amide bonds. The van der Waals surface area contributed by atoms with Gasteiger partial charge in [0.25, 0.3) is 0 Å². The molecule has 0 bridgehead atoms. The quantitative estimate of drug-likeness (QED) is 0.679. The van der Waals surface area contributed by atoms with Crippen molar-refractivity contribution in [3.8, 4) is 0 Å². The van der Waals surface area contributed by atoms with Gasteiger partial charge >= 0.3 is 0 Å². The first-order valence-electron chi connectivity index (χ1n) is 5.88. The van der Waals surface area contributed by atoms with Gasteiger partial charge < -0.3 is 15.8 Å². The number of nitrogens with two attached hydrogens (primary N) is 1. The molecule has 0 radical (unpaired) electrons. The van der Waals surface area contributed by atoms with Crippen molar-refractivity contribution in [3.63, 3.8) is 0 Å². The van der Waals surface area contributed by atoms with Gasteiger partial charge in [0.2, 0.25) is 0 Å². The second kappa shape index (κ2) is 7.21. The maximum absolute atomic E-state index is 5.66. The van der Waals surface area contributed by atoms with Crippen molar-refractivity contribution in [1.82, 2.24) is 5.32 Å². The van der Waals surface area contributed by atoms with E-state index in [2.05, 4.69) is 12.2 Å². The predicted molar refractivity (Wildman–Crippen MR) is 59.3 cm³/mol. The van der Waals surface area contributed by atoms with Crippen LogP contribution in [0.3, 0.4) is 0 Å². The summed E-state index contributed by atoms with van der Waals surface area (Å²) in [7, 11) is 0. The van der Waals surface area contributed by atoms with Crippen LogP contribution in [0, 0.1) is 0 Å². The smallest absolute Gasteiger partial charge is 0.0587 e. The summed E-state index contributed by atoms with van der Waals surface area (Å²) in [6.07, 6.45) is 6.53. The summed E-state index contributed by atoms with van der Waals surface area (Å²) in [5.41, 5.74) is 5.48. The molecule has 2 unspecified atom stereocenters. The molecule has 1 heterocycles. The summed E-state index contributed by atoms with van der Waals surface area (Å²) in [5.74, 6) is 0. The third-order valence-corrected chi connectivity index (χ3v) is 2.83. The van der Waals surface area contributed by atoms with Gasteiger partial charge in [-0.05, 0) is 52.1 Å². The maximum Gasteiger partial charge on any atom is 0.0587 e. The van der Waals surface area contributed by atoms with Gasteiger partial charge in [-0.1, -0.05) is 0 Å². The van der Waals surface area contributed by atoms with Crippen LogP contribution in [-0.4, -0.2) is 31.8 Å². The lowest BCUT2D eigenvalue weighted by Gasteiger charge is -2.23. The van der Waals surface area contributed by atoms with E-state index >= 15 is 0 Å². The third-order valence-electron chi connectivity index (χ3n) is 2.83. The highest BCUT2D eigenvalue weighted by Crippen LogP contribution is 2.14. The number of hydrogen-bond acceptors (Lipinski definition) is 3. The van der Waals surface area contributed by atoms with E-state index in [0.717, 1.165) is 32.5 Å². The topological polar surface area (TPSA) is 47.3 Å². The van der Waals surface area contributed by atoms with Crippen LogP contribution in [0.1, 0.15) is 39.0 Å². The Hall–Kier alpha value is -0.120. The van der Waals surface area contributed by atoms with Crippen LogP contribution in [0.5, 0.6) is 0 Å². The minimum Gasteiger partial charge on any atom is -0.378 e. The van der Waals surface area contributed by atoms with Crippen LogP contribution in [-0.2, 0) is 4.74 Å². The molecule has 0 aromatic carbocycles. The van der Waals surface area contributed by atoms with E-state index in [9.17, 15) is 0 Å². The number of rotatable bonds is 6. The summed E-state index contributed by atoms with van der Waals surface area (Å²) in [6.45, 7) is 4.98. The zero-order valence-electron chi connectivity index (χ0n) is 9.30. The first-order valence-corrected chi connectivity index (χ1v) is 5.88. The number of ether oxygens (including phenoxy) is 1. The normalized spacial score (nSPS) is 24.9. The average molecular weight is 200 g/mol. The monoisotopic (exact) mass is 200 g/mol. The summed E-state index contributed by atoms with van der Waals surface area (Å²) in [5, 5.41) is 3.47. The highest BCUT2D eigenvalue weighted by Gasteiger charge is 2.13. The van der Waals surface area contributed by atoms with Gasteiger partial charge in [-0.25, -0.2) is 0 Å². The first kappa shape index (κ1) is 12.0. The Morgan fingerprint density at radius 1 is 1.50 bits per heavy atom. The fraction of sp³-hybridized carbons (Fsp3) is 1.00. The number of nitrogens with one attached hydrogen (secondary N) is 1. The highest BCUT2D eigenvalue weighted by molar-refractivity contribution is 4.67. The van der Waals surface area contributed by atoms with Crippen molar-refractivity contribution in [2.75, 3.05) is 19.7 Å². The van der Waals surface area contributed by atoms with Crippen LogP contribution < -0.4 is 11.1 Å². The Kier molecular flexibility index (Phi) is 6.15. The van der Waals surface area contributed by atoms with Crippen molar-refractivity contribution in [1.29, 1.82) is 0 Å². The summed E-state index contributed by atoms with van der Waals surface area (Å²) in [6, 6.07) is 0.545. The van der Waals surface area contributed by atoms with Gasteiger partial charge in [0.15, 0.2) is 0 Å². The molecular formula is C11H24N2O. The van der Waals surface area contributed by atoms with E-state index in [0.29, 0.717) is 12.1 Å². The van der Waals surface area contributed by atoms with Gasteiger partial charge in [0, 0.05) is 12.6 Å². The maximum atomic E-state index is 5.66. The fourth-order valence-corrected chi connectivity index (χ4v) is 1.88. The molecule has 1 saturated heterocycles. The van der Waals surface area contributed by atoms with Crippen LogP contribution >= 0.6 is 0 Å². The predicted octanol–water partition coefficient (Wildman–Crippen LogP) is 1.27. The lowest BCUT2D eigenvalue weighted by Crippen LogP contribution is -2.32. The summed E-state index contributed by atoms with van der Waals surface area (Å²) < 4.78 is 5.66. The van der Waals surface area contributed by atoms with E-state index in [1.165, 1.54) is 19.3 Å². The van der Waals surface area contributed by atoms with E-state index in [4.69, 9.17) is 10.5 Å². The third kappa shape index (κ3) is 4.94. The molecule has 1 fully saturated rings. The molecule has 84 valence electrons. The van der Waals surface area contributed by atoms with Gasteiger partial charge in [-0.2, -0.15) is 0 Å². The van der Waals surface area contributed by atoms with Crippen LogP contribution in [0.4, 0.5) is 0 Å². The zero-order valence-corrected chi connectivity index (χ0v) is 9.30. The van der Waals surface area contributed by atoms with Gasteiger partial charge in [0.1, 0.15) is 0 Å². The van der Waals surface area contributed by atoms with Gasteiger partial charge in [0.05, 0.1) is 6.10 Å². The Morgan fingerprint density at radius 3 is 3.00 bits per heavy atom. The average Bonchev–Trinajstić information content (AvgIpc) is 2.20. The van der Waals surface area contributed by atoms with Crippen molar-refractivity contribution in [3.05, 3.63) is 0 Å². The molecule has 0 spiro atoms. The largest absolute Gasteiger partial charge is 0.378 e. The Morgan fingerprint density at radius 2 is 2.36 bits per heavy atom. The van der Waals surface area contributed by atoms with Crippen molar-refractivity contribution >= 4 is 0 Å². The van der Waals surface area contributed by atoms with E-state index in [1.807, 2.05) is 0 Å². The Bertz CT molecular complexity index is 135. The molecule has 0 aliphatic carbocycles. The van der Waals surface area contributed by atoms with Crippen LogP contribution in [0.2, 0.25) is 0 Å². The zero-order chi connectivity index (χ0) is 10.2. The van der Waals surface area contributed by atoms with Gasteiger partial charge in [-0.3, -0.25) is 0 Å². The lowest BCUT2D eigenvalue weighted by molar-refractivity contribution is 0.0112. The molecule has 0 saturated carbocycles. The fourth-order valence-electron chi connectivity index (χ4n) is 1.88. The molecule has 2 atom stereocenters. The minimum atomic E-state index is 0.501. The van der Waals surface area contributed by atoms with Crippen LogP contribution in [0.25, 0.3) is 0 Å². The van der Waals surface area contributed by atoms with Crippen LogP contribution in [0.15, 0.2) is 0 Å². The molecule has 0 aromatic heterocycles. The SMILES string of the molecule is CC(CCN)NCCC1CCCCO1. The summed E-state index contributed by atoms with van der Waals surface area (Å²) >= 11 is 0. The molecule has 3 nitrogen and oxygen atoms in total. The molecule has 14 heavy (non-hydrogen) atoms. The lowest BCUT2D eigenvalue weighted by atomic mass is 10.1. The molecular weight excluding hydrogens is 176 g/mol. The van der Waals surface area contributed by atoms with Crippen molar-refractivity contribution in [2.45, 2.75) is 51.2 Å². The standard InChI is InChI=1S/C11H24N2O/c1-10(5-7-12)13-8-6-11-4-2-3-9-14-11/h10-11,13H,2-9,12H2,1H3. The molecule has 1 aliphatic rings. The van der Waals surface area contributed by atoms with E-state index < -0.39 is 0 Å². The Balaban J connectivity index is 1.96. The Labute approximate surface area is 87.4 Å². The van der Waals surface area contributed by atoms with Gasteiger partial charge in [-0.15, -0.1) is 0 Å². The molecule has 1 aliphatic heterocycles. The highest BCUT2D eigenvalue weighted by atomic mass is 16.5. The van der Waals surface area contributed by atoms with E-state index in [1.54, 1.807) is 0 Å². The summed E-state index contributed by atoms with van der Waals surface area (Å²) in [4.78, 5) is 0. The molecule has 0 aromatic rings. The molecule has 3 N–H and O–H groups in total. The molecule has 1 rings (SSSR count). The van der Waals surface area contributed by atoms with E-state index in [-0.39, 0.29) is 0 Å². The van der Waals surface area contributed by atoms with Crippen molar-refractivity contribution in [2.24, 2.45) is 5.73 Å². The minimum absolute atomic E-state index is 0.501. The molecule has 3 heteroatoms. The second-order valence-corrected chi connectivity index (χ2v) is 4.21. The first-order chi connectivity index (χ1) is 6.83. The number of hydrogen-bond donors (Lipinski definition) is 2.